The summed E-state index contributed by atoms with van der Waals surface area (Å²) < 4.78 is 16.5. The predicted octanol–water partition coefficient (Wildman–Crippen LogP) is 3.22. The first kappa shape index (κ1) is 17.8. The minimum Gasteiger partial charge on any atom is -0.323 e. The van der Waals surface area contributed by atoms with Gasteiger partial charge in [-0.15, -0.1) is 0 Å². The van der Waals surface area contributed by atoms with Crippen LogP contribution in [0.25, 0.3) is 0 Å². The lowest BCUT2D eigenvalue weighted by molar-refractivity contribution is -0.116. The Labute approximate surface area is 151 Å². The number of halogens is 1. The largest absolute Gasteiger partial charge is 0.323 e. The van der Waals surface area contributed by atoms with E-state index in [1.807, 2.05) is 25.5 Å². The van der Waals surface area contributed by atoms with E-state index in [0.717, 1.165) is 22.5 Å². The number of aryl methyl sites for hydroxylation is 2. The van der Waals surface area contributed by atoms with E-state index in [0.29, 0.717) is 25.2 Å². The zero-order valence-electron chi connectivity index (χ0n) is 15.2. The van der Waals surface area contributed by atoms with Crippen molar-refractivity contribution in [2.45, 2.75) is 40.3 Å². The van der Waals surface area contributed by atoms with Crippen LogP contribution in [0.3, 0.4) is 0 Å². The Morgan fingerprint density at radius 1 is 1.19 bits per heavy atom. The van der Waals surface area contributed by atoms with Crippen molar-refractivity contribution in [3.05, 3.63) is 65.0 Å². The molecule has 2 heterocycles. The lowest BCUT2D eigenvalue weighted by Gasteiger charge is -2.05. The van der Waals surface area contributed by atoms with E-state index < -0.39 is 0 Å². The first-order valence-corrected chi connectivity index (χ1v) is 8.49. The molecule has 3 rings (SSSR count). The molecule has 0 saturated carbocycles. The summed E-state index contributed by atoms with van der Waals surface area (Å²) in [5.74, 6) is -0.350. The summed E-state index contributed by atoms with van der Waals surface area (Å²) in [4.78, 5) is 12.2. The summed E-state index contributed by atoms with van der Waals surface area (Å²) in [6, 6.07) is 6.27. The van der Waals surface area contributed by atoms with E-state index in [-0.39, 0.29) is 11.7 Å². The van der Waals surface area contributed by atoms with Crippen LogP contribution in [-0.4, -0.2) is 25.5 Å². The quantitative estimate of drug-likeness (QED) is 0.738. The molecule has 0 fully saturated rings. The molecule has 3 aromatic rings. The molecule has 1 N–H and O–H groups in total. The van der Waals surface area contributed by atoms with Gasteiger partial charge in [0.15, 0.2) is 0 Å². The summed E-state index contributed by atoms with van der Waals surface area (Å²) in [5.41, 5.74) is 4.81. The van der Waals surface area contributed by atoms with Crippen molar-refractivity contribution in [2.75, 3.05) is 5.32 Å². The number of aromatic nitrogens is 4. The SMILES string of the molecule is Cc1nn(CCC(=O)Nc2cnn(Cc3ccc(F)cc3)c2)c(C)c1C. The minimum atomic E-state index is -0.264. The second kappa shape index (κ2) is 7.51. The molecule has 0 spiro atoms. The molecular weight excluding hydrogens is 333 g/mol. The van der Waals surface area contributed by atoms with E-state index in [4.69, 9.17) is 0 Å². The number of nitrogens with one attached hydrogen (secondary N) is 1. The number of nitrogens with zero attached hydrogens (tertiary/aromatic N) is 4. The van der Waals surface area contributed by atoms with Crippen molar-refractivity contribution < 1.29 is 9.18 Å². The number of carbonyl (C=O) groups is 1. The highest BCUT2D eigenvalue weighted by atomic mass is 19.1. The number of rotatable bonds is 6. The van der Waals surface area contributed by atoms with Gasteiger partial charge >= 0.3 is 0 Å². The minimum absolute atomic E-state index is 0.0865. The number of hydrogen-bond donors (Lipinski definition) is 1. The lowest BCUT2D eigenvalue weighted by atomic mass is 10.2. The molecule has 136 valence electrons. The standard InChI is InChI=1S/C19H22FN5O/c1-13-14(2)23-25(15(13)3)9-8-19(26)22-18-10-21-24(12-18)11-16-4-6-17(20)7-5-16/h4-7,10,12H,8-9,11H2,1-3H3,(H,22,26). The van der Waals surface area contributed by atoms with Gasteiger partial charge in [0.25, 0.3) is 0 Å². The van der Waals surface area contributed by atoms with E-state index in [2.05, 4.69) is 15.5 Å². The Kier molecular flexibility index (Phi) is 5.16. The predicted molar refractivity (Wildman–Crippen MR) is 97.4 cm³/mol. The van der Waals surface area contributed by atoms with E-state index in [9.17, 15) is 9.18 Å². The molecule has 26 heavy (non-hydrogen) atoms. The number of benzene rings is 1. The molecule has 0 aliphatic rings. The van der Waals surface area contributed by atoms with Gasteiger partial charge in [-0.2, -0.15) is 10.2 Å². The smallest absolute Gasteiger partial charge is 0.226 e. The van der Waals surface area contributed by atoms with Crippen molar-refractivity contribution in [1.82, 2.24) is 19.6 Å². The van der Waals surface area contributed by atoms with Crippen LogP contribution in [0, 0.1) is 26.6 Å². The third kappa shape index (κ3) is 4.17. The van der Waals surface area contributed by atoms with Crippen molar-refractivity contribution in [1.29, 1.82) is 0 Å². The van der Waals surface area contributed by atoms with Gasteiger partial charge in [0.2, 0.25) is 5.91 Å². The van der Waals surface area contributed by atoms with Crippen molar-refractivity contribution in [3.63, 3.8) is 0 Å². The third-order valence-electron chi connectivity index (χ3n) is 4.47. The zero-order chi connectivity index (χ0) is 18.7. The number of anilines is 1. The molecule has 7 heteroatoms. The Bertz CT molecular complexity index is 911. The average molecular weight is 355 g/mol. The number of hydrogen-bond acceptors (Lipinski definition) is 3. The van der Waals surface area contributed by atoms with Gasteiger partial charge in [0.1, 0.15) is 5.82 Å². The maximum Gasteiger partial charge on any atom is 0.226 e. The number of amides is 1. The Balaban J connectivity index is 1.54. The zero-order valence-corrected chi connectivity index (χ0v) is 15.2. The Morgan fingerprint density at radius 3 is 2.58 bits per heavy atom. The fraction of sp³-hybridized carbons (Fsp3) is 0.316. The van der Waals surface area contributed by atoms with Gasteiger partial charge in [-0.25, -0.2) is 4.39 Å². The van der Waals surface area contributed by atoms with Gasteiger partial charge in [0, 0.05) is 24.9 Å². The molecule has 2 aromatic heterocycles. The van der Waals surface area contributed by atoms with Gasteiger partial charge in [-0.1, -0.05) is 12.1 Å². The summed E-state index contributed by atoms with van der Waals surface area (Å²) >= 11 is 0. The van der Waals surface area contributed by atoms with Gasteiger partial charge in [-0.3, -0.25) is 14.2 Å². The van der Waals surface area contributed by atoms with Gasteiger partial charge < -0.3 is 5.32 Å². The van der Waals surface area contributed by atoms with Crippen molar-refractivity contribution in [3.8, 4) is 0 Å². The van der Waals surface area contributed by atoms with Crippen LogP contribution in [-0.2, 0) is 17.9 Å². The van der Waals surface area contributed by atoms with Gasteiger partial charge in [0.05, 0.1) is 24.1 Å². The van der Waals surface area contributed by atoms with Crippen LogP contribution < -0.4 is 5.32 Å². The van der Waals surface area contributed by atoms with Crippen LogP contribution in [0.2, 0.25) is 0 Å². The lowest BCUT2D eigenvalue weighted by Crippen LogP contribution is -2.15. The van der Waals surface area contributed by atoms with Crippen LogP contribution in [0.5, 0.6) is 0 Å². The van der Waals surface area contributed by atoms with Crippen LogP contribution in [0.15, 0.2) is 36.7 Å². The highest BCUT2D eigenvalue weighted by Crippen LogP contribution is 2.12. The Morgan fingerprint density at radius 2 is 1.92 bits per heavy atom. The fourth-order valence-corrected chi connectivity index (χ4v) is 2.73. The third-order valence-corrected chi connectivity index (χ3v) is 4.47. The average Bonchev–Trinajstić information content (AvgIpc) is 3.15. The molecule has 0 aliphatic heterocycles. The van der Waals surface area contributed by atoms with Gasteiger partial charge in [-0.05, 0) is 44.0 Å². The molecular formula is C19H22FN5O. The summed E-state index contributed by atoms with van der Waals surface area (Å²) in [7, 11) is 0. The molecule has 0 aliphatic carbocycles. The van der Waals surface area contributed by atoms with Crippen molar-refractivity contribution >= 4 is 11.6 Å². The van der Waals surface area contributed by atoms with Crippen LogP contribution in [0.4, 0.5) is 10.1 Å². The molecule has 0 bridgehead atoms. The molecule has 0 unspecified atom stereocenters. The highest BCUT2D eigenvalue weighted by Gasteiger charge is 2.10. The monoisotopic (exact) mass is 355 g/mol. The second-order valence-electron chi connectivity index (χ2n) is 6.37. The van der Waals surface area contributed by atoms with E-state index in [1.54, 1.807) is 29.2 Å². The summed E-state index contributed by atoms with van der Waals surface area (Å²) in [5, 5.41) is 11.5. The maximum atomic E-state index is 12.9. The first-order chi connectivity index (χ1) is 12.4. The maximum absolute atomic E-state index is 12.9. The molecule has 0 atom stereocenters. The van der Waals surface area contributed by atoms with E-state index in [1.165, 1.54) is 12.1 Å². The molecule has 1 amide bonds. The van der Waals surface area contributed by atoms with E-state index >= 15 is 0 Å². The summed E-state index contributed by atoms with van der Waals surface area (Å²) in [6.45, 7) is 7.06. The molecule has 1 aromatic carbocycles. The van der Waals surface area contributed by atoms with Crippen LogP contribution >= 0.6 is 0 Å². The molecule has 6 nitrogen and oxygen atoms in total. The second-order valence-corrected chi connectivity index (χ2v) is 6.37. The molecule has 0 radical (unpaired) electrons. The molecule has 0 saturated heterocycles. The topological polar surface area (TPSA) is 64.7 Å². The van der Waals surface area contributed by atoms with Crippen molar-refractivity contribution in [2.24, 2.45) is 0 Å². The Hall–Kier alpha value is -2.96. The first-order valence-electron chi connectivity index (χ1n) is 8.49. The highest BCUT2D eigenvalue weighted by molar-refractivity contribution is 5.90. The number of carbonyl (C=O) groups excluding carboxylic acids is 1. The van der Waals surface area contributed by atoms with Crippen LogP contribution in [0.1, 0.15) is 28.9 Å². The summed E-state index contributed by atoms with van der Waals surface area (Å²) in [6.07, 6.45) is 3.70. The fourth-order valence-electron chi connectivity index (χ4n) is 2.73. The normalized spacial score (nSPS) is 10.9.